The molecule has 0 saturated carbocycles. The first-order chi connectivity index (χ1) is 8.99. The maximum atomic E-state index is 11.9. The average molecular weight is 278 g/mol. The first-order valence-corrected chi connectivity index (χ1v) is 6.06. The molecule has 7 heteroatoms. The van der Waals surface area contributed by atoms with E-state index in [9.17, 15) is 9.59 Å². The van der Waals surface area contributed by atoms with Crippen LogP contribution in [0.15, 0.2) is 24.3 Å². The zero-order chi connectivity index (χ0) is 14.0. The molecule has 0 fully saturated rings. The number of aryl methyl sites for hydroxylation is 1. The van der Waals surface area contributed by atoms with Gasteiger partial charge in [-0.2, -0.15) is 4.37 Å². The fraction of sp³-hybridized carbons (Fsp3) is 0.0833. The number of phenols is 1. The smallest absolute Gasteiger partial charge is 0.340 e. The number of nitrogens with one attached hydrogen (secondary N) is 1. The van der Waals surface area contributed by atoms with Gasteiger partial charge in [0.1, 0.15) is 16.3 Å². The largest absolute Gasteiger partial charge is 0.508 e. The summed E-state index contributed by atoms with van der Waals surface area (Å²) in [5, 5.41) is 20.9. The number of rotatable bonds is 3. The van der Waals surface area contributed by atoms with Gasteiger partial charge in [-0.05, 0) is 42.7 Å². The molecule has 98 valence electrons. The van der Waals surface area contributed by atoms with Crippen molar-refractivity contribution < 1.29 is 19.8 Å². The molecule has 0 aliphatic rings. The van der Waals surface area contributed by atoms with Gasteiger partial charge in [0.2, 0.25) is 0 Å². The number of anilines is 1. The van der Waals surface area contributed by atoms with Crippen LogP contribution in [-0.2, 0) is 0 Å². The molecule has 19 heavy (non-hydrogen) atoms. The van der Waals surface area contributed by atoms with E-state index >= 15 is 0 Å². The van der Waals surface area contributed by atoms with Crippen molar-refractivity contribution in [3.63, 3.8) is 0 Å². The van der Waals surface area contributed by atoms with Crippen LogP contribution >= 0.6 is 11.5 Å². The van der Waals surface area contributed by atoms with E-state index in [1.807, 2.05) is 0 Å². The molecule has 1 amide bonds. The number of carbonyl (C=O) groups excluding carboxylic acids is 1. The number of amides is 1. The van der Waals surface area contributed by atoms with Crippen LogP contribution in [0.1, 0.15) is 26.4 Å². The Bertz CT molecular complexity index is 634. The molecular formula is C12H10N2O4S. The van der Waals surface area contributed by atoms with Crippen molar-refractivity contribution in [3.05, 3.63) is 41.1 Å². The van der Waals surface area contributed by atoms with Crippen LogP contribution in [0.3, 0.4) is 0 Å². The summed E-state index contributed by atoms with van der Waals surface area (Å²) in [6, 6.07) is 5.65. The highest BCUT2D eigenvalue weighted by molar-refractivity contribution is 7.11. The third-order valence-electron chi connectivity index (χ3n) is 2.43. The minimum absolute atomic E-state index is 0.00266. The Morgan fingerprint density at radius 2 is 1.89 bits per heavy atom. The number of carbonyl (C=O) groups is 2. The fourth-order valence-electron chi connectivity index (χ4n) is 1.49. The second-order valence-electron chi connectivity index (χ2n) is 3.78. The number of aromatic hydroxyl groups is 1. The summed E-state index contributed by atoms with van der Waals surface area (Å²) in [4.78, 5) is 23.0. The van der Waals surface area contributed by atoms with E-state index in [1.165, 1.54) is 24.3 Å². The monoisotopic (exact) mass is 278 g/mol. The van der Waals surface area contributed by atoms with Crippen molar-refractivity contribution in [2.24, 2.45) is 0 Å². The number of benzene rings is 1. The first kappa shape index (κ1) is 13.0. The maximum absolute atomic E-state index is 11.9. The van der Waals surface area contributed by atoms with Crippen molar-refractivity contribution in [1.82, 2.24) is 4.37 Å². The Balaban J connectivity index is 2.24. The number of aromatic nitrogens is 1. The normalized spacial score (nSPS) is 10.2. The molecule has 2 rings (SSSR count). The van der Waals surface area contributed by atoms with Gasteiger partial charge in [0.05, 0.1) is 5.69 Å². The number of carboxylic acid groups (broad SMARTS) is 1. The predicted molar refractivity (Wildman–Crippen MR) is 69.9 cm³/mol. The zero-order valence-corrected chi connectivity index (χ0v) is 10.7. The summed E-state index contributed by atoms with van der Waals surface area (Å²) in [6.45, 7) is 1.57. The van der Waals surface area contributed by atoms with Crippen molar-refractivity contribution in [2.75, 3.05) is 5.32 Å². The molecule has 0 bridgehead atoms. The molecule has 1 heterocycles. The molecule has 0 radical (unpaired) electrons. The van der Waals surface area contributed by atoms with E-state index in [2.05, 4.69) is 9.69 Å². The van der Waals surface area contributed by atoms with Gasteiger partial charge >= 0.3 is 5.97 Å². The van der Waals surface area contributed by atoms with Crippen LogP contribution < -0.4 is 5.32 Å². The lowest BCUT2D eigenvalue weighted by Gasteiger charge is -2.03. The van der Waals surface area contributed by atoms with E-state index in [4.69, 9.17) is 10.2 Å². The van der Waals surface area contributed by atoms with Crippen LogP contribution in [-0.4, -0.2) is 26.5 Å². The van der Waals surface area contributed by atoms with Crippen LogP contribution in [0.25, 0.3) is 0 Å². The van der Waals surface area contributed by atoms with Gasteiger partial charge < -0.3 is 15.5 Å². The van der Waals surface area contributed by atoms with E-state index in [1.54, 1.807) is 6.92 Å². The molecule has 3 N–H and O–H groups in total. The summed E-state index contributed by atoms with van der Waals surface area (Å²) in [5.41, 5.74) is 0.677. The second kappa shape index (κ2) is 5.07. The number of nitrogens with zero attached hydrogens (tertiary/aromatic N) is 1. The molecule has 0 aliphatic heterocycles. The molecular weight excluding hydrogens is 268 g/mol. The van der Waals surface area contributed by atoms with Crippen molar-refractivity contribution in [1.29, 1.82) is 0 Å². The SMILES string of the molecule is Cc1nsc(NC(=O)c2ccc(O)cc2)c1C(=O)O. The zero-order valence-electron chi connectivity index (χ0n) is 9.88. The van der Waals surface area contributed by atoms with E-state index in [0.717, 1.165) is 11.5 Å². The minimum atomic E-state index is -1.13. The van der Waals surface area contributed by atoms with Crippen LogP contribution in [0.2, 0.25) is 0 Å². The van der Waals surface area contributed by atoms with Gasteiger partial charge in [0, 0.05) is 5.56 Å². The molecule has 2 aromatic rings. The quantitative estimate of drug-likeness (QED) is 0.798. The maximum Gasteiger partial charge on any atom is 0.340 e. The van der Waals surface area contributed by atoms with Crippen molar-refractivity contribution in [2.45, 2.75) is 6.92 Å². The first-order valence-electron chi connectivity index (χ1n) is 5.29. The van der Waals surface area contributed by atoms with Gasteiger partial charge in [0.25, 0.3) is 5.91 Å². The molecule has 1 aromatic carbocycles. The molecule has 6 nitrogen and oxygen atoms in total. The summed E-state index contributed by atoms with van der Waals surface area (Å²) in [5.74, 6) is -1.53. The van der Waals surface area contributed by atoms with E-state index in [0.29, 0.717) is 11.3 Å². The second-order valence-corrected chi connectivity index (χ2v) is 4.55. The molecule has 1 aromatic heterocycles. The van der Waals surface area contributed by atoms with Crippen LogP contribution in [0, 0.1) is 6.92 Å². The van der Waals surface area contributed by atoms with E-state index < -0.39 is 11.9 Å². The highest BCUT2D eigenvalue weighted by atomic mass is 32.1. The highest BCUT2D eigenvalue weighted by Gasteiger charge is 2.19. The Hall–Kier alpha value is -2.41. The fourth-order valence-corrected chi connectivity index (χ4v) is 2.28. The summed E-state index contributed by atoms with van der Waals surface area (Å²) >= 11 is 0.918. The lowest BCUT2D eigenvalue weighted by Crippen LogP contribution is -2.13. The Morgan fingerprint density at radius 1 is 1.26 bits per heavy atom. The number of phenolic OH excluding ortho intramolecular Hbond substituents is 1. The van der Waals surface area contributed by atoms with Crippen molar-refractivity contribution in [3.8, 4) is 5.75 Å². The third-order valence-corrected chi connectivity index (χ3v) is 3.29. The summed E-state index contributed by atoms with van der Waals surface area (Å²) in [6.07, 6.45) is 0. The molecule has 0 saturated heterocycles. The van der Waals surface area contributed by atoms with Gasteiger partial charge in [-0.15, -0.1) is 0 Å². The van der Waals surface area contributed by atoms with E-state index in [-0.39, 0.29) is 16.3 Å². The molecule has 0 aliphatic carbocycles. The molecule has 0 unspecified atom stereocenters. The topological polar surface area (TPSA) is 99.5 Å². The van der Waals surface area contributed by atoms with Crippen LogP contribution in [0.4, 0.5) is 5.00 Å². The van der Waals surface area contributed by atoms with Gasteiger partial charge in [0.15, 0.2) is 0 Å². The Morgan fingerprint density at radius 3 is 2.47 bits per heavy atom. The number of hydrogen-bond acceptors (Lipinski definition) is 5. The number of carboxylic acids is 1. The van der Waals surface area contributed by atoms with Crippen LogP contribution in [0.5, 0.6) is 5.75 Å². The standard InChI is InChI=1S/C12H10N2O4S/c1-6-9(12(17)18)11(19-14-6)13-10(16)7-2-4-8(15)5-3-7/h2-5,15H,1H3,(H,13,16)(H,17,18). The number of hydrogen-bond donors (Lipinski definition) is 3. The highest BCUT2D eigenvalue weighted by Crippen LogP contribution is 2.25. The Kier molecular flexibility index (Phi) is 3.48. The lowest BCUT2D eigenvalue weighted by atomic mass is 10.2. The average Bonchev–Trinajstić information content (AvgIpc) is 2.71. The number of aromatic carboxylic acids is 1. The Labute approximate surface area is 112 Å². The van der Waals surface area contributed by atoms with Gasteiger partial charge in [-0.3, -0.25) is 4.79 Å². The summed E-state index contributed by atoms with van der Waals surface area (Å²) in [7, 11) is 0. The summed E-state index contributed by atoms with van der Waals surface area (Å²) < 4.78 is 3.90. The van der Waals surface area contributed by atoms with Gasteiger partial charge in [-0.25, -0.2) is 4.79 Å². The molecule has 0 spiro atoms. The third kappa shape index (κ3) is 2.71. The predicted octanol–water partition coefficient (Wildman–Crippen LogP) is 2.11. The van der Waals surface area contributed by atoms with Crippen molar-refractivity contribution >= 4 is 28.4 Å². The van der Waals surface area contributed by atoms with Gasteiger partial charge in [-0.1, -0.05) is 0 Å². The minimum Gasteiger partial charge on any atom is -0.508 e. The molecule has 0 atom stereocenters. The lowest BCUT2D eigenvalue weighted by molar-refractivity contribution is 0.0697.